The lowest BCUT2D eigenvalue weighted by molar-refractivity contribution is 0.387. The first-order valence-electron chi connectivity index (χ1n) is 6.21. The number of rotatable bonds is 2. The third kappa shape index (κ3) is 1.91. The van der Waals surface area contributed by atoms with Gasteiger partial charge in [-0.3, -0.25) is 0 Å². The van der Waals surface area contributed by atoms with E-state index in [9.17, 15) is 0 Å². The van der Waals surface area contributed by atoms with E-state index in [1.807, 2.05) is 24.3 Å². The van der Waals surface area contributed by atoms with E-state index in [4.69, 9.17) is 27.9 Å². The fourth-order valence-electron chi connectivity index (χ4n) is 2.62. The number of benzene rings is 2. The Morgan fingerprint density at radius 2 is 1.53 bits per heavy atom. The highest BCUT2D eigenvalue weighted by Crippen LogP contribution is 2.33. The maximum Gasteiger partial charge on any atom is 0.0988 e. The van der Waals surface area contributed by atoms with Crippen LogP contribution >= 0.6 is 23.2 Å². The predicted octanol–water partition coefficient (Wildman–Crippen LogP) is 4.50. The van der Waals surface area contributed by atoms with Crippen LogP contribution in [0.2, 0.25) is 10.0 Å². The minimum atomic E-state index is 0.338. The third-order valence-electron chi connectivity index (χ3n) is 3.58. The van der Waals surface area contributed by atoms with E-state index >= 15 is 0 Å². The Balaban J connectivity index is 2.09. The molecule has 0 N–H and O–H groups in total. The SMILES string of the molecule is Clc1ccc2c(c1)c1cc(Cl)ccc1n2CC1CO1. The fraction of sp³-hybridized carbons (Fsp3) is 0.200. The Hall–Kier alpha value is -1.22. The molecule has 1 aliphatic rings. The van der Waals surface area contributed by atoms with E-state index in [0.717, 1.165) is 34.0 Å². The van der Waals surface area contributed by atoms with Crippen LogP contribution in [0.25, 0.3) is 21.8 Å². The van der Waals surface area contributed by atoms with Crippen molar-refractivity contribution in [2.24, 2.45) is 0 Å². The minimum Gasteiger partial charge on any atom is -0.371 e. The predicted molar refractivity (Wildman–Crippen MR) is 79.2 cm³/mol. The smallest absolute Gasteiger partial charge is 0.0988 e. The second kappa shape index (κ2) is 4.14. The number of epoxide rings is 1. The van der Waals surface area contributed by atoms with E-state index in [0.29, 0.717) is 6.10 Å². The van der Waals surface area contributed by atoms with Crippen LogP contribution in [0.15, 0.2) is 36.4 Å². The Labute approximate surface area is 120 Å². The topological polar surface area (TPSA) is 17.5 Å². The molecule has 0 spiro atoms. The second-order valence-electron chi connectivity index (χ2n) is 4.89. The van der Waals surface area contributed by atoms with Crippen LogP contribution in [0, 0.1) is 0 Å². The summed E-state index contributed by atoms with van der Waals surface area (Å²) < 4.78 is 7.64. The van der Waals surface area contributed by atoms with Crippen LogP contribution in [0.4, 0.5) is 0 Å². The number of nitrogens with zero attached hydrogens (tertiary/aromatic N) is 1. The van der Waals surface area contributed by atoms with Gasteiger partial charge < -0.3 is 9.30 Å². The molecule has 96 valence electrons. The molecule has 2 heterocycles. The van der Waals surface area contributed by atoms with Crippen molar-refractivity contribution in [3.8, 4) is 0 Å². The van der Waals surface area contributed by atoms with Gasteiger partial charge in [-0.1, -0.05) is 23.2 Å². The van der Waals surface area contributed by atoms with Crippen molar-refractivity contribution >= 4 is 45.0 Å². The highest BCUT2D eigenvalue weighted by atomic mass is 35.5. The lowest BCUT2D eigenvalue weighted by Crippen LogP contribution is -2.03. The van der Waals surface area contributed by atoms with Crippen molar-refractivity contribution in [3.63, 3.8) is 0 Å². The van der Waals surface area contributed by atoms with Gasteiger partial charge in [0.2, 0.25) is 0 Å². The molecule has 0 aliphatic carbocycles. The van der Waals surface area contributed by atoms with Crippen LogP contribution in [-0.4, -0.2) is 17.3 Å². The second-order valence-corrected chi connectivity index (χ2v) is 5.76. The number of fused-ring (bicyclic) bond motifs is 3. The molecule has 4 heteroatoms. The highest BCUT2D eigenvalue weighted by Gasteiger charge is 2.24. The summed E-state index contributed by atoms with van der Waals surface area (Å²) >= 11 is 12.2. The molecule has 0 radical (unpaired) electrons. The van der Waals surface area contributed by atoms with Gasteiger partial charge in [0, 0.05) is 31.9 Å². The van der Waals surface area contributed by atoms with Crippen LogP contribution in [0.5, 0.6) is 0 Å². The molecule has 1 aromatic heterocycles. The summed E-state index contributed by atoms with van der Waals surface area (Å²) in [6.07, 6.45) is 0.338. The molecule has 19 heavy (non-hydrogen) atoms. The average Bonchev–Trinajstić information content (AvgIpc) is 3.16. The zero-order valence-corrected chi connectivity index (χ0v) is 11.6. The van der Waals surface area contributed by atoms with Gasteiger partial charge >= 0.3 is 0 Å². The molecule has 0 saturated carbocycles. The molecule has 1 fully saturated rings. The van der Waals surface area contributed by atoms with Crippen LogP contribution in [-0.2, 0) is 11.3 Å². The van der Waals surface area contributed by atoms with Gasteiger partial charge in [0.1, 0.15) is 0 Å². The Morgan fingerprint density at radius 3 is 2.00 bits per heavy atom. The summed E-state index contributed by atoms with van der Waals surface area (Å²) in [6.45, 7) is 1.73. The van der Waals surface area contributed by atoms with Gasteiger partial charge in [-0.2, -0.15) is 0 Å². The molecule has 1 aliphatic heterocycles. The Morgan fingerprint density at radius 1 is 1.00 bits per heavy atom. The van der Waals surface area contributed by atoms with E-state index in [2.05, 4.69) is 16.7 Å². The first-order valence-corrected chi connectivity index (χ1v) is 6.96. The van der Waals surface area contributed by atoms with E-state index in [1.165, 1.54) is 11.0 Å². The van der Waals surface area contributed by atoms with Crippen LogP contribution in [0.1, 0.15) is 0 Å². The zero-order valence-electron chi connectivity index (χ0n) is 10.1. The normalized spacial score (nSPS) is 18.3. The monoisotopic (exact) mass is 291 g/mol. The largest absolute Gasteiger partial charge is 0.371 e. The van der Waals surface area contributed by atoms with Crippen molar-refractivity contribution in [1.82, 2.24) is 4.57 Å². The average molecular weight is 292 g/mol. The Bertz CT molecular complexity index is 730. The molecule has 2 nitrogen and oxygen atoms in total. The first-order chi connectivity index (χ1) is 9.22. The van der Waals surface area contributed by atoms with Crippen molar-refractivity contribution < 1.29 is 4.74 Å². The Kier molecular flexibility index (Phi) is 2.52. The van der Waals surface area contributed by atoms with Crippen LogP contribution in [0.3, 0.4) is 0 Å². The fourth-order valence-corrected chi connectivity index (χ4v) is 2.97. The molecule has 4 rings (SSSR count). The molecule has 0 amide bonds. The number of aromatic nitrogens is 1. The number of ether oxygens (including phenoxy) is 1. The van der Waals surface area contributed by atoms with E-state index in [1.54, 1.807) is 0 Å². The molecule has 2 aromatic carbocycles. The minimum absolute atomic E-state index is 0.338. The lowest BCUT2D eigenvalue weighted by atomic mass is 10.1. The molecular weight excluding hydrogens is 281 g/mol. The van der Waals surface area contributed by atoms with Gasteiger partial charge in [0.25, 0.3) is 0 Å². The van der Waals surface area contributed by atoms with Gasteiger partial charge in [-0.15, -0.1) is 0 Å². The van der Waals surface area contributed by atoms with Crippen molar-refractivity contribution in [1.29, 1.82) is 0 Å². The molecule has 0 bridgehead atoms. The van der Waals surface area contributed by atoms with Crippen molar-refractivity contribution in [3.05, 3.63) is 46.4 Å². The molecular formula is C15H11Cl2NO. The number of hydrogen-bond donors (Lipinski definition) is 0. The number of halogens is 2. The first kappa shape index (κ1) is 11.6. The van der Waals surface area contributed by atoms with Gasteiger partial charge in [-0.05, 0) is 36.4 Å². The standard InChI is InChI=1S/C15H11Cl2NO/c16-9-1-3-14-12(5-9)13-6-10(17)2-4-15(13)18(14)7-11-8-19-11/h1-6,11H,7-8H2. The summed E-state index contributed by atoms with van der Waals surface area (Å²) in [6, 6.07) is 12.0. The summed E-state index contributed by atoms with van der Waals surface area (Å²) in [5.74, 6) is 0. The van der Waals surface area contributed by atoms with Crippen LogP contribution < -0.4 is 0 Å². The molecule has 3 aromatic rings. The summed E-state index contributed by atoms with van der Waals surface area (Å²) in [5.41, 5.74) is 2.36. The summed E-state index contributed by atoms with van der Waals surface area (Å²) in [5, 5.41) is 3.78. The molecule has 1 saturated heterocycles. The molecule has 1 unspecified atom stereocenters. The van der Waals surface area contributed by atoms with Gasteiger partial charge in [0.05, 0.1) is 19.3 Å². The maximum atomic E-state index is 6.12. The van der Waals surface area contributed by atoms with Gasteiger partial charge in [0.15, 0.2) is 0 Å². The lowest BCUT2D eigenvalue weighted by Gasteiger charge is -2.04. The van der Waals surface area contributed by atoms with E-state index in [-0.39, 0.29) is 0 Å². The highest BCUT2D eigenvalue weighted by molar-refractivity contribution is 6.33. The van der Waals surface area contributed by atoms with E-state index < -0.39 is 0 Å². The van der Waals surface area contributed by atoms with Crippen molar-refractivity contribution in [2.75, 3.05) is 6.61 Å². The summed E-state index contributed by atoms with van der Waals surface area (Å²) in [7, 11) is 0. The zero-order chi connectivity index (χ0) is 13.0. The number of hydrogen-bond acceptors (Lipinski definition) is 1. The summed E-state index contributed by atoms with van der Waals surface area (Å²) in [4.78, 5) is 0. The van der Waals surface area contributed by atoms with Gasteiger partial charge in [-0.25, -0.2) is 0 Å². The molecule has 1 atom stereocenters. The maximum absolute atomic E-state index is 6.12. The van der Waals surface area contributed by atoms with Crippen molar-refractivity contribution in [2.45, 2.75) is 12.6 Å². The quantitative estimate of drug-likeness (QED) is 0.636. The third-order valence-corrected chi connectivity index (χ3v) is 4.05.